The smallest absolute Gasteiger partial charge is 0.123 e. The molecular formula is C41H49F2N3. The largest absolute Gasteiger partial charge is 0.299 e. The lowest BCUT2D eigenvalue weighted by molar-refractivity contribution is 0.192. The Hall–Kier alpha value is -4.09. The van der Waals surface area contributed by atoms with Gasteiger partial charge in [-0.05, 0) is 112 Å². The highest BCUT2D eigenvalue weighted by molar-refractivity contribution is 5.95. The first kappa shape index (κ1) is 34.8. The van der Waals surface area contributed by atoms with Crippen molar-refractivity contribution in [2.45, 2.75) is 66.3 Å². The summed E-state index contributed by atoms with van der Waals surface area (Å²) in [7, 11) is 1.97. The number of halogens is 2. The Morgan fingerprint density at radius 3 is 2.07 bits per heavy atom. The number of piperidine rings is 1. The number of hydrogen-bond acceptors (Lipinski definition) is 2. The maximum atomic E-state index is 13.7. The van der Waals surface area contributed by atoms with Gasteiger partial charge in [0, 0.05) is 24.5 Å². The molecule has 1 aromatic heterocycles. The third-order valence-corrected chi connectivity index (χ3v) is 8.86. The number of nitrogens with zero attached hydrogens (tertiary/aromatic N) is 3. The van der Waals surface area contributed by atoms with Crippen molar-refractivity contribution >= 4 is 10.9 Å². The average Bonchev–Trinajstić information content (AvgIpc) is 3.39. The predicted octanol–water partition coefficient (Wildman–Crippen LogP) is 10.6. The van der Waals surface area contributed by atoms with Crippen LogP contribution in [0.1, 0.15) is 61.8 Å². The summed E-state index contributed by atoms with van der Waals surface area (Å²) in [5.41, 5.74) is 9.22. The van der Waals surface area contributed by atoms with Crippen molar-refractivity contribution in [2.75, 3.05) is 13.1 Å². The minimum atomic E-state index is -0.233. The Kier molecular flexibility index (Phi) is 12.9. The van der Waals surface area contributed by atoms with Gasteiger partial charge in [-0.15, -0.1) is 0 Å². The van der Waals surface area contributed by atoms with E-state index in [1.54, 1.807) is 24.3 Å². The highest BCUT2D eigenvalue weighted by Gasteiger charge is 2.21. The first-order valence-electron chi connectivity index (χ1n) is 16.5. The van der Waals surface area contributed by atoms with Gasteiger partial charge in [-0.3, -0.25) is 9.58 Å². The second-order valence-corrected chi connectivity index (χ2v) is 12.5. The number of aromatic nitrogens is 2. The van der Waals surface area contributed by atoms with E-state index in [0.29, 0.717) is 5.92 Å². The standard InChI is InChI=1S/C23H26FN3.C10H13F.C8H10/c1-16(2)17-10-12-27(13-11-17)15-19-7-5-9-21-22(25-26(3)23(19)21)18-6-4-8-20(24)14-18;1-2-3-5-9-6-4-7-10(11)8-9;1-7-5-3-4-6-8(7)2/h4-9,14,17H,1,10-13,15H2,2-3H3;4,6-8H,2-3,5H2,1H3;3-6H,1-2H3. The average molecular weight is 622 g/mol. The zero-order valence-corrected chi connectivity index (χ0v) is 28.2. The first-order valence-corrected chi connectivity index (χ1v) is 16.5. The van der Waals surface area contributed by atoms with E-state index in [1.165, 1.54) is 47.2 Å². The molecule has 0 unspecified atom stereocenters. The maximum Gasteiger partial charge on any atom is 0.123 e. The zero-order valence-electron chi connectivity index (χ0n) is 28.2. The molecule has 242 valence electrons. The van der Waals surface area contributed by atoms with Crippen LogP contribution in [0, 0.1) is 31.4 Å². The number of allylic oxidation sites excluding steroid dienone is 1. The number of fused-ring (bicyclic) bond motifs is 1. The van der Waals surface area contributed by atoms with Crippen LogP contribution >= 0.6 is 0 Å². The summed E-state index contributed by atoms with van der Waals surface area (Å²) in [6.07, 6.45) is 5.67. The molecule has 0 spiro atoms. The lowest BCUT2D eigenvalue weighted by Gasteiger charge is -2.32. The van der Waals surface area contributed by atoms with Crippen molar-refractivity contribution in [1.29, 1.82) is 0 Å². The van der Waals surface area contributed by atoms with Gasteiger partial charge in [0.05, 0.1) is 5.52 Å². The van der Waals surface area contributed by atoms with Crippen molar-refractivity contribution in [3.05, 3.63) is 137 Å². The highest BCUT2D eigenvalue weighted by atomic mass is 19.1. The SMILES string of the molecule is C=C(C)C1CCN(Cc2cccc3c(-c4cccc(F)c4)nn(C)c23)CC1.CCCCc1cccc(F)c1.Cc1ccccc1C. The van der Waals surface area contributed by atoms with E-state index in [4.69, 9.17) is 5.10 Å². The van der Waals surface area contributed by atoms with E-state index < -0.39 is 0 Å². The van der Waals surface area contributed by atoms with Crippen LogP contribution in [0.3, 0.4) is 0 Å². The van der Waals surface area contributed by atoms with Gasteiger partial charge in [-0.2, -0.15) is 5.10 Å². The maximum absolute atomic E-state index is 13.7. The summed E-state index contributed by atoms with van der Waals surface area (Å²) in [6.45, 7) is 15.8. The molecular weight excluding hydrogens is 572 g/mol. The van der Waals surface area contributed by atoms with E-state index in [2.05, 4.69) is 81.6 Å². The third kappa shape index (κ3) is 9.70. The molecule has 0 aliphatic carbocycles. The fourth-order valence-corrected chi connectivity index (χ4v) is 5.96. The van der Waals surface area contributed by atoms with Crippen LogP contribution < -0.4 is 0 Å². The molecule has 1 saturated heterocycles. The summed E-state index contributed by atoms with van der Waals surface area (Å²) < 4.78 is 28.2. The molecule has 0 atom stereocenters. The fourth-order valence-electron chi connectivity index (χ4n) is 5.96. The van der Waals surface area contributed by atoms with Crippen LogP contribution in [0.4, 0.5) is 8.78 Å². The van der Waals surface area contributed by atoms with Crippen molar-refractivity contribution < 1.29 is 8.78 Å². The van der Waals surface area contributed by atoms with Gasteiger partial charge >= 0.3 is 0 Å². The number of benzene rings is 4. The van der Waals surface area contributed by atoms with Gasteiger partial charge in [-0.1, -0.05) is 92.2 Å². The van der Waals surface area contributed by atoms with E-state index in [0.717, 1.165) is 66.6 Å². The number of unbranched alkanes of at least 4 members (excludes halogenated alkanes) is 1. The molecule has 0 radical (unpaired) electrons. The van der Waals surface area contributed by atoms with Crippen molar-refractivity contribution in [1.82, 2.24) is 14.7 Å². The molecule has 1 aliphatic heterocycles. The second kappa shape index (κ2) is 17.0. The molecule has 0 bridgehead atoms. The van der Waals surface area contributed by atoms with Crippen LogP contribution in [0.15, 0.2) is 103 Å². The molecule has 3 nitrogen and oxygen atoms in total. The normalized spacial score (nSPS) is 13.5. The molecule has 0 saturated carbocycles. The fraction of sp³-hybridized carbons (Fsp3) is 0.341. The molecule has 1 fully saturated rings. The lowest BCUT2D eigenvalue weighted by Crippen LogP contribution is -2.33. The van der Waals surface area contributed by atoms with Gasteiger partial charge in [0.2, 0.25) is 0 Å². The Balaban J connectivity index is 0.000000206. The number of para-hydroxylation sites is 1. The zero-order chi connectivity index (χ0) is 33.1. The number of aryl methyl sites for hydroxylation is 4. The van der Waals surface area contributed by atoms with E-state index >= 15 is 0 Å². The number of rotatable bonds is 7. The number of likely N-dealkylation sites (tertiary alicyclic amines) is 1. The molecule has 4 aromatic carbocycles. The van der Waals surface area contributed by atoms with Crippen molar-refractivity contribution in [3.8, 4) is 11.3 Å². The van der Waals surface area contributed by atoms with Crippen LogP contribution in [0.5, 0.6) is 0 Å². The molecule has 1 aliphatic rings. The van der Waals surface area contributed by atoms with Gasteiger partial charge in [-0.25, -0.2) is 8.78 Å². The Morgan fingerprint density at radius 1 is 0.848 bits per heavy atom. The number of hydrogen-bond donors (Lipinski definition) is 0. The van der Waals surface area contributed by atoms with Crippen LogP contribution in [0.2, 0.25) is 0 Å². The molecule has 5 aromatic rings. The van der Waals surface area contributed by atoms with Crippen molar-refractivity contribution in [2.24, 2.45) is 13.0 Å². The summed E-state index contributed by atoms with van der Waals surface area (Å²) in [6, 6.07) is 28.2. The molecule has 0 N–H and O–H groups in total. The predicted molar refractivity (Wildman–Crippen MR) is 190 cm³/mol. The second-order valence-electron chi connectivity index (χ2n) is 12.5. The molecule has 6 rings (SSSR count). The van der Waals surface area contributed by atoms with E-state index in [-0.39, 0.29) is 11.6 Å². The molecule has 0 amide bonds. The topological polar surface area (TPSA) is 21.1 Å². The minimum Gasteiger partial charge on any atom is -0.299 e. The third-order valence-electron chi connectivity index (χ3n) is 8.86. The van der Waals surface area contributed by atoms with E-state index in [1.807, 2.05) is 23.9 Å². The minimum absolute atomic E-state index is 0.126. The van der Waals surface area contributed by atoms with Gasteiger partial charge in [0.1, 0.15) is 17.3 Å². The van der Waals surface area contributed by atoms with E-state index in [9.17, 15) is 8.78 Å². The first-order chi connectivity index (χ1) is 22.2. The van der Waals surface area contributed by atoms with Gasteiger partial charge in [0.15, 0.2) is 0 Å². The Morgan fingerprint density at radius 2 is 1.48 bits per heavy atom. The highest BCUT2D eigenvalue weighted by Crippen LogP contribution is 2.31. The van der Waals surface area contributed by atoms with Gasteiger partial charge < -0.3 is 0 Å². The molecule has 46 heavy (non-hydrogen) atoms. The summed E-state index contributed by atoms with van der Waals surface area (Å²) in [5.74, 6) is 0.301. The van der Waals surface area contributed by atoms with Crippen LogP contribution in [-0.2, 0) is 20.0 Å². The van der Waals surface area contributed by atoms with Gasteiger partial charge in [0.25, 0.3) is 0 Å². The summed E-state index contributed by atoms with van der Waals surface area (Å²) in [5, 5.41) is 5.79. The molecule has 2 heterocycles. The summed E-state index contributed by atoms with van der Waals surface area (Å²) in [4.78, 5) is 2.52. The summed E-state index contributed by atoms with van der Waals surface area (Å²) >= 11 is 0. The quantitative estimate of drug-likeness (QED) is 0.169. The lowest BCUT2D eigenvalue weighted by atomic mass is 9.91. The van der Waals surface area contributed by atoms with Crippen LogP contribution in [0.25, 0.3) is 22.2 Å². The Labute approximate surface area is 274 Å². The Bertz CT molecular complexity index is 1690. The van der Waals surface area contributed by atoms with Crippen molar-refractivity contribution in [3.63, 3.8) is 0 Å². The molecule has 5 heteroatoms. The van der Waals surface area contributed by atoms with Crippen LogP contribution in [-0.4, -0.2) is 27.8 Å². The monoisotopic (exact) mass is 621 g/mol.